The number of pyridine rings is 1. The van der Waals surface area contributed by atoms with Crippen molar-refractivity contribution in [1.82, 2.24) is 15.0 Å². The molecular weight excluding hydrogens is 236 g/mol. The van der Waals surface area contributed by atoms with Crippen molar-refractivity contribution in [3.05, 3.63) is 54.5 Å². The van der Waals surface area contributed by atoms with Crippen LogP contribution in [0.4, 0.5) is 8.78 Å². The minimum absolute atomic E-state index is 0.333. The van der Waals surface area contributed by atoms with Gasteiger partial charge in [0.05, 0.1) is 17.9 Å². The first-order valence-electron chi connectivity index (χ1n) is 5.25. The van der Waals surface area contributed by atoms with Crippen molar-refractivity contribution in [3.63, 3.8) is 0 Å². The highest BCUT2D eigenvalue weighted by molar-refractivity contribution is 5.82. The summed E-state index contributed by atoms with van der Waals surface area (Å²) in [5.74, 6) is -0.439. The molecule has 0 amide bonds. The van der Waals surface area contributed by atoms with Crippen molar-refractivity contribution < 1.29 is 8.78 Å². The molecule has 0 saturated carbocycles. The average molecular weight is 243 g/mol. The Bertz CT molecular complexity index is 711. The summed E-state index contributed by atoms with van der Waals surface area (Å²) in [5.41, 5.74) is 1.22. The predicted octanol–water partition coefficient (Wildman–Crippen LogP) is 2.97. The number of halogens is 2. The lowest BCUT2D eigenvalue weighted by molar-refractivity contribution is 0.614. The molecule has 0 aliphatic carbocycles. The van der Waals surface area contributed by atoms with Gasteiger partial charge in [-0.2, -0.15) is 0 Å². The highest BCUT2D eigenvalue weighted by Gasteiger charge is 2.04. The van der Waals surface area contributed by atoms with E-state index in [9.17, 15) is 8.78 Å². The average Bonchev–Trinajstić information content (AvgIpc) is 2.39. The fraction of sp³-hybridized carbons (Fsp3) is 0. The molecule has 0 N–H and O–H groups in total. The van der Waals surface area contributed by atoms with Crippen LogP contribution in [0.25, 0.3) is 22.3 Å². The Morgan fingerprint density at radius 2 is 1.56 bits per heavy atom. The molecule has 3 aromatic rings. The molecule has 0 unspecified atom stereocenters. The number of hydrogen-bond donors (Lipinski definition) is 0. The first-order chi connectivity index (χ1) is 8.72. The largest absolute Gasteiger partial charge is 0.255 e. The Morgan fingerprint density at radius 1 is 0.778 bits per heavy atom. The van der Waals surface area contributed by atoms with E-state index in [-0.39, 0.29) is 5.82 Å². The molecule has 0 radical (unpaired) electrons. The lowest BCUT2D eigenvalue weighted by Gasteiger charge is -2.02. The van der Waals surface area contributed by atoms with Gasteiger partial charge in [-0.1, -0.05) is 0 Å². The number of nitrogens with zero attached hydrogens (tertiary/aromatic N) is 3. The van der Waals surface area contributed by atoms with Gasteiger partial charge in [0, 0.05) is 23.2 Å². The van der Waals surface area contributed by atoms with E-state index in [1.54, 1.807) is 12.1 Å². The third kappa shape index (κ3) is 1.90. The molecule has 0 aliphatic heterocycles. The summed E-state index contributed by atoms with van der Waals surface area (Å²) in [4.78, 5) is 11.9. The van der Waals surface area contributed by atoms with Gasteiger partial charge in [0.25, 0.3) is 0 Å². The molecule has 1 aromatic carbocycles. The van der Waals surface area contributed by atoms with Crippen LogP contribution in [0, 0.1) is 11.6 Å². The first-order valence-corrected chi connectivity index (χ1v) is 5.25. The van der Waals surface area contributed by atoms with Crippen LogP contribution in [0.3, 0.4) is 0 Å². The summed E-state index contributed by atoms with van der Waals surface area (Å²) in [6.45, 7) is 0. The smallest absolute Gasteiger partial charge is 0.160 e. The third-order valence-corrected chi connectivity index (χ3v) is 2.52. The Balaban J connectivity index is 2.13. The molecule has 18 heavy (non-hydrogen) atoms. The fourth-order valence-electron chi connectivity index (χ4n) is 1.68. The SMILES string of the molecule is Fc1cnc(-c2cnc3cc(F)ccc3c2)nc1. The number of rotatable bonds is 1. The maximum Gasteiger partial charge on any atom is 0.160 e. The van der Waals surface area contributed by atoms with E-state index < -0.39 is 5.82 Å². The molecule has 2 aromatic heterocycles. The second-order valence-corrected chi connectivity index (χ2v) is 3.79. The number of aromatic nitrogens is 3. The molecule has 0 atom stereocenters. The minimum atomic E-state index is -0.491. The molecule has 0 bridgehead atoms. The van der Waals surface area contributed by atoms with Gasteiger partial charge in [0.2, 0.25) is 0 Å². The molecule has 3 nitrogen and oxygen atoms in total. The summed E-state index contributed by atoms with van der Waals surface area (Å²) in [6, 6.07) is 6.13. The van der Waals surface area contributed by atoms with Crippen LogP contribution in [-0.4, -0.2) is 15.0 Å². The zero-order valence-corrected chi connectivity index (χ0v) is 9.14. The number of benzene rings is 1. The topological polar surface area (TPSA) is 38.7 Å². The molecule has 3 rings (SSSR count). The van der Waals surface area contributed by atoms with Gasteiger partial charge in [0.15, 0.2) is 11.6 Å². The summed E-state index contributed by atoms with van der Waals surface area (Å²) in [6.07, 6.45) is 3.73. The number of hydrogen-bond acceptors (Lipinski definition) is 3. The second kappa shape index (κ2) is 4.10. The summed E-state index contributed by atoms with van der Waals surface area (Å²) in [7, 11) is 0. The molecule has 0 aliphatic rings. The second-order valence-electron chi connectivity index (χ2n) is 3.79. The predicted molar refractivity (Wildman–Crippen MR) is 62.7 cm³/mol. The van der Waals surface area contributed by atoms with E-state index in [1.807, 2.05) is 0 Å². The van der Waals surface area contributed by atoms with Crippen molar-refractivity contribution in [2.24, 2.45) is 0 Å². The van der Waals surface area contributed by atoms with Crippen molar-refractivity contribution >= 4 is 10.9 Å². The van der Waals surface area contributed by atoms with Crippen molar-refractivity contribution in [2.45, 2.75) is 0 Å². The van der Waals surface area contributed by atoms with Gasteiger partial charge < -0.3 is 0 Å². The molecule has 2 heterocycles. The summed E-state index contributed by atoms with van der Waals surface area (Å²) < 4.78 is 25.7. The molecule has 5 heteroatoms. The lowest BCUT2D eigenvalue weighted by atomic mass is 10.1. The maximum absolute atomic E-state index is 13.0. The van der Waals surface area contributed by atoms with Crippen LogP contribution in [-0.2, 0) is 0 Å². The van der Waals surface area contributed by atoms with Crippen LogP contribution in [0.1, 0.15) is 0 Å². The lowest BCUT2D eigenvalue weighted by Crippen LogP contribution is -1.91. The standard InChI is InChI=1S/C13H7F2N3/c14-10-2-1-8-3-9(5-16-12(8)4-10)13-17-6-11(15)7-18-13/h1-7H. The molecule has 88 valence electrons. The molecular formula is C13H7F2N3. The van der Waals surface area contributed by atoms with Crippen LogP contribution in [0.15, 0.2) is 42.9 Å². The van der Waals surface area contributed by atoms with Crippen LogP contribution in [0.2, 0.25) is 0 Å². The van der Waals surface area contributed by atoms with Gasteiger partial charge in [-0.3, -0.25) is 4.98 Å². The van der Waals surface area contributed by atoms with E-state index in [0.29, 0.717) is 16.9 Å². The van der Waals surface area contributed by atoms with Gasteiger partial charge in [-0.05, 0) is 18.2 Å². The summed E-state index contributed by atoms with van der Waals surface area (Å²) >= 11 is 0. The molecule has 0 spiro atoms. The number of fused-ring (bicyclic) bond motifs is 1. The van der Waals surface area contributed by atoms with Gasteiger partial charge in [-0.15, -0.1) is 0 Å². The Kier molecular flexibility index (Phi) is 2.44. The zero-order valence-electron chi connectivity index (χ0n) is 9.14. The fourth-order valence-corrected chi connectivity index (χ4v) is 1.68. The van der Waals surface area contributed by atoms with E-state index in [0.717, 1.165) is 17.8 Å². The Labute approximate surface area is 101 Å². The molecule has 0 fully saturated rings. The van der Waals surface area contributed by atoms with Gasteiger partial charge in [-0.25, -0.2) is 18.7 Å². The minimum Gasteiger partial charge on any atom is -0.255 e. The zero-order chi connectivity index (χ0) is 12.5. The Morgan fingerprint density at radius 3 is 2.33 bits per heavy atom. The quantitative estimate of drug-likeness (QED) is 0.659. The first kappa shape index (κ1) is 10.7. The van der Waals surface area contributed by atoms with Crippen LogP contribution in [0.5, 0.6) is 0 Å². The highest BCUT2D eigenvalue weighted by atomic mass is 19.1. The van der Waals surface area contributed by atoms with Crippen LogP contribution < -0.4 is 0 Å². The maximum atomic E-state index is 13.0. The van der Waals surface area contributed by atoms with E-state index in [2.05, 4.69) is 15.0 Å². The molecule has 0 saturated heterocycles. The van der Waals surface area contributed by atoms with Gasteiger partial charge >= 0.3 is 0 Å². The van der Waals surface area contributed by atoms with E-state index in [4.69, 9.17) is 0 Å². The van der Waals surface area contributed by atoms with Crippen molar-refractivity contribution in [3.8, 4) is 11.4 Å². The van der Waals surface area contributed by atoms with Crippen molar-refractivity contribution in [2.75, 3.05) is 0 Å². The van der Waals surface area contributed by atoms with Crippen molar-refractivity contribution in [1.29, 1.82) is 0 Å². The summed E-state index contributed by atoms with van der Waals surface area (Å²) in [5, 5.41) is 0.779. The third-order valence-electron chi connectivity index (χ3n) is 2.52. The van der Waals surface area contributed by atoms with Gasteiger partial charge in [0.1, 0.15) is 5.82 Å². The van der Waals surface area contributed by atoms with Crippen LogP contribution >= 0.6 is 0 Å². The van der Waals surface area contributed by atoms with E-state index >= 15 is 0 Å². The monoisotopic (exact) mass is 243 g/mol. The highest BCUT2D eigenvalue weighted by Crippen LogP contribution is 2.20. The van der Waals surface area contributed by atoms with E-state index in [1.165, 1.54) is 18.3 Å². The normalized spacial score (nSPS) is 10.8. The Hall–Kier alpha value is -2.43.